The third-order valence-corrected chi connectivity index (χ3v) is 18.3. The number of benzene rings is 7. The summed E-state index contributed by atoms with van der Waals surface area (Å²) in [6, 6.07) is 61.7. The first-order valence-corrected chi connectivity index (χ1v) is 24.0. The first-order chi connectivity index (χ1) is 30.7. The zero-order valence-corrected chi connectivity index (χ0v) is 35.4. The van der Waals surface area contributed by atoms with Crippen molar-refractivity contribution in [2.75, 3.05) is 4.90 Å². The van der Waals surface area contributed by atoms with Crippen LogP contribution in [0.25, 0.3) is 49.7 Å². The molecule has 0 radical (unpaired) electrons. The van der Waals surface area contributed by atoms with Gasteiger partial charge in [-0.25, -0.2) is 0 Å². The summed E-state index contributed by atoms with van der Waals surface area (Å²) in [6.07, 6.45) is 13.9. The molecular weight excluding hydrogens is 749 g/mol. The second kappa shape index (κ2) is 12.4. The minimum absolute atomic E-state index is 0.0963. The lowest BCUT2D eigenvalue weighted by atomic mass is 9.51. The van der Waals surface area contributed by atoms with E-state index in [1.54, 1.807) is 22.3 Å². The molecule has 8 aliphatic carbocycles. The fraction of sp³-hybridized carbons (Fsp3) is 0.300. The molecular formula is C60H52N2. The number of hydrogen-bond donors (Lipinski definition) is 0. The van der Waals surface area contributed by atoms with E-state index in [-0.39, 0.29) is 10.8 Å². The van der Waals surface area contributed by atoms with E-state index in [0.29, 0.717) is 5.92 Å². The SMILES string of the molecule is c1ccc(-n2c3ccccc3c3cc(N(c4ccc5c(c4)C4(CC6CCC4C6)c4ccccc4-5)c4ccc5c(c4)C4(c6ccccc6-5)C5CCC6CC(C5)CC4C6)ccc32)cc1. The van der Waals surface area contributed by atoms with Gasteiger partial charge < -0.3 is 9.47 Å². The van der Waals surface area contributed by atoms with Crippen LogP contribution >= 0.6 is 0 Å². The number of aromatic nitrogens is 1. The summed E-state index contributed by atoms with van der Waals surface area (Å²) in [5.74, 6) is 4.79. The summed E-state index contributed by atoms with van der Waals surface area (Å²) in [4.78, 5) is 2.67. The summed E-state index contributed by atoms with van der Waals surface area (Å²) in [6.45, 7) is 0. The number of rotatable bonds is 4. The number of fused-ring (bicyclic) bond motifs is 15. The Hall–Kier alpha value is -5.86. The van der Waals surface area contributed by atoms with Gasteiger partial charge in [0.05, 0.1) is 11.0 Å². The van der Waals surface area contributed by atoms with Crippen molar-refractivity contribution in [2.24, 2.45) is 35.5 Å². The molecule has 302 valence electrons. The Morgan fingerprint density at radius 1 is 0.403 bits per heavy atom. The number of hydrogen-bond acceptors (Lipinski definition) is 1. The van der Waals surface area contributed by atoms with E-state index in [0.717, 1.165) is 29.6 Å². The molecule has 0 N–H and O–H groups in total. The molecule has 62 heavy (non-hydrogen) atoms. The molecule has 1 heterocycles. The van der Waals surface area contributed by atoms with Crippen LogP contribution in [0.15, 0.2) is 158 Å². The van der Waals surface area contributed by atoms with Gasteiger partial charge in [-0.2, -0.15) is 0 Å². The Bertz CT molecular complexity index is 3160. The van der Waals surface area contributed by atoms with Gasteiger partial charge in [-0.3, -0.25) is 0 Å². The first-order valence-electron chi connectivity index (χ1n) is 24.0. The molecule has 6 bridgehead atoms. The normalized spacial score (nSPS) is 29.1. The van der Waals surface area contributed by atoms with Gasteiger partial charge in [0.1, 0.15) is 0 Å². The maximum Gasteiger partial charge on any atom is 0.0542 e. The Morgan fingerprint density at radius 3 is 1.82 bits per heavy atom. The highest BCUT2D eigenvalue weighted by molar-refractivity contribution is 6.10. The van der Waals surface area contributed by atoms with Crippen molar-refractivity contribution in [3.05, 3.63) is 180 Å². The lowest BCUT2D eigenvalue weighted by Gasteiger charge is -2.53. The molecule has 1 aromatic heterocycles. The van der Waals surface area contributed by atoms with E-state index in [2.05, 4.69) is 167 Å². The molecule has 7 aromatic carbocycles. The fourth-order valence-electron chi connectivity index (χ4n) is 16.3. The maximum atomic E-state index is 2.71. The van der Waals surface area contributed by atoms with Gasteiger partial charge in [0.15, 0.2) is 0 Å². The molecule has 2 spiro atoms. The predicted octanol–water partition coefficient (Wildman–Crippen LogP) is 15.5. The van der Waals surface area contributed by atoms with Crippen LogP contribution in [0.5, 0.6) is 0 Å². The Morgan fingerprint density at radius 2 is 1.00 bits per heavy atom. The van der Waals surface area contributed by atoms with E-state index in [4.69, 9.17) is 0 Å². The van der Waals surface area contributed by atoms with Gasteiger partial charge in [-0.05, 0) is 192 Å². The van der Waals surface area contributed by atoms with Gasteiger partial charge in [-0.1, -0.05) is 110 Å². The van der Waals surface area contributed by atoms with Crippen LogP contribution in [0, 0.1) is 35.5 Å². The molecule has 8 aromatic rings. The van der Waals surface area contributed by atoms with Crippen LogP contribution in [-0.4, -0.2) is 4.57 Å². The highest BCUT2D eigenvalue weighted by atomic mass is 15.1. The smallest absolute Gasteiger partial charge is 0.0542 e. The third-order valence-electron chi connectivity index (χ3n) is 18.3. The molecule has 0 amide bonds. The minimum atomic E-state index is 0.0963. The number of para-hydroxylation sites is 2. The summed E-state index contributed by atoms with van der Waals surface area (Å²) < 4.78 is 2.45. The highest BCUT2D eigenvalue weighted by Gasteiger charge is 2.60. The molecule has 0 saturated heterocycles. The van der Waals surface area contributed by atoms with Crippen molar-refractivity contribution < 1.29 is 0 Å². The fourth-order valence-corrected chi connectivity index (χ4v) is 16.3. The molecule has 16 rings (SSSR count). The topological polar surface area (TPSA) is 8.17 Å². The molecule has 2 heteroatoms. The van der Waals surface area contributed by atoms with Crippen LogP contribution in [0.1, 0.15) is 86.5 Å². The highest BCUT2D eigenvalue weighted by Crippen LogP contribution is 2.69. The Kier molecular flexibility index (Phi) is 6.94. The van der Waals surface area contributed by atoms with Gasteiger partial charge in [0.2, 0.25) is 0 Å². The summed E-state index contributed by atoms with van der Waals surface area (Å²) >= 11 is 0. The zero-order chi connectivity index (χ0) is 40.3. The van der Waals surface area contributed by atoms with Crippen LogP contribution in [0.3, 0.4) is 0 Å². The van der Waals surface area contributed by atoms with Crippen molar-refractivity contribution >= 4 is 38.9 Å². The summed E-state index contributed by atoms with van der Waals surface area (Å²) in [5, 5.41) is 2.60. The lowest BCUT2D eigenvalue weighted by Crippen LogP contribution is -2.48. The Labute approximate surface area is 365 Å². The molecule has 0 aliphatic heterocycles. The molecule has 8 atom stereocenters. The summed E-state index contributed by atoms with van der Waals surface area (Å²) in [5.41, 5.74) is 20.1. The van der Waals surface area contributed by atoms with Crippen molar-refractivity contribution in [1.82, 2.24) is 4.57 Å². The van der Waals surface area contributed by atoms with Crippen LogP contribution < -0.4 is 4.90 Å². The third kappa shape index (κ3) is 4.37. The van der Waals surface area contributed by atoms with Gasteiger partial charge >= 0.3 is 0 Å². The van der Waals surface area contributed by atoms with E-state index in [9.17, 15) is 0 Å². The first kappa shape index (κ1) is 34.7. The van der Waals surface area contributed by atoms with Gasteiger partial charge in [0, 0.05) is 44.4 Å². The van der Waals surface area contributed by atoms with Crippen LogP contribution in [0.4, 0.5) is 17.1 Å². The Balaban J connectivity index is 0.977. The largest absolute Gasteiger partial charge is 0.310 e. The minimum Gasteiger partial charge on any atom is -0.310 e. The van der Waals surface area contributed by atoms with Gasteiger partial charge in [0.25, 0.3) is 0 Å². The van der Waals surface area contributed by atoms with Crippen molar-refractivity contribution in [3.8, 4) is 27.9 Å². The standard InChI is InChI=1S/C60H52N2/c1-2-10-43(11-3-1)62-57-17-9-6-14-51(57)52-33-44(24-27-58(52)62)61(45-22-25-49-47-12-4-7-15-53(47)59(55(49)34-45)36-38-19-20-40(59)30-38)46-23-26-50-48-13-5-8-16-54(48)60(56(50)35-46)41-21-18-37-28-39(31-41)32-42(60)29-37/h1-17,22-27,33-35,37-42H,18-21,28-32,36H2. The molecule has 8 aliphatic rings. The molecule has 8 unspecified atom stereocenters. The monoisotopic (exact) mass is 800 g/mol. The average molecular weight is 801 g/mol. The van der Waals surface area contributed by atoms with E-state index >= 15 is 0 Å². The number of anilines is 3. The van der Waals surface area contributed by atoms with Crippen molar-refractivity contribution in [3.63, 3.8) is 0 Å². The maximum absolute atomic E-state index is 2.71. The quantitative estimate of drug-likeness (QED) is 0.172. The van der Waals surface area contributed by atoms with Crippen LogP contribution in [0.2, 0.25) is 0 Å². The zero-order valence-electron chi connectivity index (χ0n) is 35.4. The number of nitrogens with zero attached hydrogens (tertiary/aromatic N) is 2. The second-order valence-electron chi connectivity index (χ2n) is 20.8. The van der Waals surface area contributed by atoms with E-state index in [1.165, 1.54) is 131 Å². The predicted molar refractivity (Wildman–Crippen MR) is 255 cm³/mol. The summed E-state index contributed by atoms with van der Waals surface area (Å²) in [7, 11) is 0. The average Bonchev–Trinajstić information content (AvgIpc) is 4.10. The van der Waals surface area contributed by atoms with Crippen molar-refractivity contribution in [2.45, 2.75) is 75.0 Å². The lowest BCUT2D eigenvalue weighted by molar-refractivity contribution is 0.0618. The molecule has 6 saturated carbocycles. The van der Waals surface area contributed by atoms with Crippen molar-refractivity contribution in [1.29, 1.82) is 0 Å². The molecule has 2 nitrogen and oxygen atoms in total. The van der Waals surface area contributed by atoms with Crippen LogP contribution in [-0.2, 0) is 10.8 Å². The van der Waals surface area contributed by atoms with Gasteiger partial charge in [-0.15, -0.1) is 0 Å². The van der Waals surface area contributed by atoms with E-state index in [1.807, 2.05) is 0 Å². The molecule has 6 fully saturated rings. The van der Waals surface area contributed by atoms with E-state index < -0.39 is 0 Å². The second-order valence-corrected chi connectivity index (χ2v) is 20.8.